The van der Waals surface area contributed by atoms with E-state index in [1.807, 2.05) is 36.4 Å². The highest BCUT2D eigenvalue weighted by Gasteiger charge is 2.19. The number of methoxy groups -OCH3 is 1. The third kappa shape index (κ3) is 3.34. The maximum absolute atomic E-state index is 5.84. The molecule has 21 heavy (non-hydrogen) atoms. The number of anilines is 2. The van der Waals surface area contributed by atoms with E-state index in [1.54, 1.807) is 7.11 Å². The molecule has 5 heteroatoms. The molecule has 2 aromatic carbocycles. The summed E-state index contributed by atoms with van der Waals surface area (Å²) >= 11 is 0. The quantitative estimate of drug-likeness (QED) is 0.885. The van der Waals surface area contributed by atoms with Crippen LogP contribution in [0.1, 0.15) is 5.56 Å². The van der Waals surface area contributed by atoms with Crippen molar-refractivity contribution in [3.05, 3.63) is 48.0 Å². The lowest BCUT2D eigenvalue weighted by atomic mass is 10.1. The second-order valence-corrected chi connectivity index (χ2v) is 4.85. The van der Waals surface area contributed by atoms with E-state index >= 15 is 0 Å². The van der Waals surface area contributed by atoms with Crippen LogP contribution in [0.5, 0.6) is 11.5 Å². The summed E-state index contributed by atoms with van der Waals surface area (Å²) in [6, 6.07) is 13.9. The van der Waals surface area contributed by atoms with Crippen molar-refractivity contribution in [2.45, 2.75) is 6.54 Å². The average Bonchev–Trinajstić information content (AvgIpc) is 2.47. The van der Waals surface area contributed by atoms with E-state index in [9.17, 15) is 0 Å². The van der Waals surface area contributed by atoms with Crippen LogP contribution in [0.4, 0.5) is 11.4 Å². The second kappa shape index (κ2) is 6.59. The molecule has 0 unspecified atom stereocenters. The summed E-state index contributed by atoms with van der Waals surface area (Å²) < 4.78 is 11.0. The fourth-order valence-electron chi connectivity index (χ4n) is 2.46. The van der Waals surface area contributed by atoms with Crippen LogP contribution in [0.15, 0.2) is 42.5 Å². The Morgan fingerprint density at radius 3 is 2.86 bits per heavy atom. The highest BCUT2D eigenvalue weighted by Crippen LogP contribution is 2.35. The highest BCUT2D eigenvalue weighted by molar-refractivity contribution is 5.85. The minimum atomic E-state index is 0. The number of ether oxygens (including phenoxy) is 2. The molecule has 4 nitrogen and oxygen atoms in total. The summed E-state index contributed by atoms with van der Waals surface area (Å²) in [5.41, 5.74) is 8.90. The fraction of sp³-hybridized carbons (Fsp3) is 0.250. The lowest BCUT2D eigenvalue weighted by Gasteiger charge is -2.31. The number of rotatable bonds is 3. The average molecular weight is 307 g/mol. The Labute approximate surface area is 130 Å². The van der Waals surface area contributed by atoms with Gasteiger partial charge in [0.05, 0.1) is 19.3 Å². The first-order valence-corrected chi connectivity index (χ1v) is 6.66. The molecule has 0 radical (unpaired) electrons. The van der Waals surface area contributed by atoms with Gasteiger partial charge in [-0.1, -0.05) is 12.1 Å². The van der Waals surface area contributed by atoms with Crippen LogP contribution in [0.25, 0.3) is 0 Å². The Balaban J connectivity index is 0.00000161. The largest absolute Gasteiger partial charge is 0.497 e. The molecule has 0 saturated heterocycles. The minimum Gasteiger partial charge on any atom is -0.497 e. The Morgan fingerprint density at radius 2 is 2.10 bits per heavy atom. The van der Waals surface area contributed by atoms with Crippen LogP contribution in [0.2, 0.25) is 0 Å². The van der Waals surface area contributed by atoms with Gasteiger partial charge in [-0.15, -0.1) is 12.4 Å². The number of nitrogen functional groups attached to an aromatic ring is 1. The first-order valence-electron chi connectivity index (χ1n) is 6.66. The Morgan fingerprint density at radius 1 is 1.24 bits per heavy atom. The van der Waals surface area contributed by atoms with E-state index < -0.39 is 0 Å². The van der Waals surface area contributed by atoms with Gasteiger partial charge in [0.15, 0.2) is 0 Å². The number of benzene rings is 2. The first kappa shape index (κ1) is 15.3. The van der Waals surface area contributed by atoms with E-state index in [0.29, 0.717) is 6.61 Å². The van der Waals surface area contributed by atoms with Crippen LogP contribution in [0, 0.1) is 0 Å². The molecule has 0 fully saturated rings. The van der Waals surface area contributed by atoms with Crippen molar-refractivity contribution in [3.8, 4) is 11.5 Å². The van der Waals surface area contributed by atoms with Gasteiger partial charge in [0.1, 0.15) is 18.1 Å². The molecule has 112 valence electrons. The van der Waals surface area contributed by atoms with Crippen LogP contribution in [0.3, 0.4) is 0 Å². The first-order chi connectivity index (χ1) is 9.76. The van der Waals surface area contributed by atoms with Crippen molar-refractivity contribution in [3.63, 3.8) is 0 Å². The summed E-state index contributed by atoms with van der Waals surface area (Å²) in [6.07, 6.45) is 0. The van der Waals surface area contributed by atoms with E-state index in [2.05, 4.69) is 11.0 Å². The molecule has 0 amide bonds. The van der Waals surface area contributed by atoms with Crippen LogP contribution >= 0.6 is 12.4 Å². The monoisotopic (exact) mass is 306 g/mol. The maximum atomic E-state index is 5.84. The zero-order valence-electron chi connectivity index (χ0n) is 11.9. The molecular weight excluding hydrogens is 288 g/mol. The highest BCUT2D eigenvalue weighted by atomic mass is 35.5. The van der Waals surface area contributed by atoms with Crippen LogP contribution < -0.4 is 20.1 Å². The van der Waals surface area contributed by atoms with Crippen molar-refractivity contribution in [1.82, 2.24) is 0 Å². The Bertz CT molecular complexity index is 619. The van der Waals surface area contributed by atoms with E-state index in [-0.39, 0.29) is 12.4 Å². The smallest absolute Gasteiger partial charge is 0.142 e. The number of hydrogen-bond acceptors (Lipinski definition) is 4. The molecule has 0 aliphatic carbocycles. The summed E-state index contributed by atoms with van der Waals surface area (Å²) in [5, 5.41) is 0. The van der Waals surface area contributed by atoms with E-state index in [1.165, 1.54) is 5.56 Å². The minimum absolute atomic E-state index is 0. The second-order valence-electron chi connectivity index (χ2n) is 4.85. The van der Waals surface area contributed by atoms with Gasteiger partial charge in [0.25, 0.3) is 0 Å². The van der Waals surface area contributed by atoms with Gasteiger partial charge in [0, 0.05) is 18.3 Å². The molecule has 1 aliphatic heterocycles. The van der Waals surface area contributed by atoms with Crippen LogP contribution in [-0.4, -0.2) is 20.3 Å². The molecule has 0 aromatic heterocycles. The van der Waals surface area contributed by atoms with Gasteiger partial charge in [-0.25, -0.2) is 0 Å². The third-order valence-corrected chi connectivity index (χ3v) is 3.45. The normalized spacial score (nSPS) is 12.9. The van der Waals surface area contributed by atoms with Gasteiger partial charge < -0.3 is 20.1 Å². The number of hydrogen-bond donors (Lipinski definition) is 1. The molecule has 0 saturated carbocycles. The van der Waals surface area contributed by atoms with Gasteiger partial charge in [0.2, 0.25) is 0 Å². The van der Waals surface area contributed by atoms with Crippen molar-refractivity contribution in [2.75, 3.05) is 30.9 Å². The van der Waals surface area contributed by atoms with Crippen molar-refractivity contribution >= 4 is 23.8 Å². The van der Waals surface area contributed by atoms with Crippen LogP contribution in [-0.2, 0) is 6.54 Å². The standard InChI is InChI=1S/C16H18N2O2.ClH/c1-19-14-5-6-16-15(10-14)18(7-8-20-16)11-12-3-2-4-13(17)9-12;/h2-6,9-10H,7-8,11,17H2,1H3;1H. The van der Waals surface area contributed by atoms with Gasteiger partial charge in [-0.05, 0) is 29.8 Å². The molecule has 2 N–H and O–H groups in total. The fourth-order valence-corrected chi connectivity index (χ4v) is 2.46. The maximum Gasteiger partial charge on any atom is 0.142 e. The molecule has 2 aromatic rings. The molecule has 3 rings (SSSR count). The zero-order valence-corrected chi connectivity index (χ0v) is 12.7. The molecule has 0 bridgehead atoms. The van der Waals surface area contributed by atoms with Gasteiger partial charge in [-0.2, -0.15) is 0 Å². The van der Waals surface area contributed by atoms with Crippen molar-refractivity contribution in [2.24, 2.45) is 0 Å². The number of nitrogens with zero attached hydrogens (tertiary/aromatic N) is 1. The predicted octanol–water partition coefficient (Wildman–Crippen LogP) is 3.10. The van der Waals surface area contributed by atoms with Crippen molar-refractivity contribution in [1.29, 1.82) is 0 Å². The Hall–Kier alpha value is -2.07. The summed E-state index contributed by atoms with van der Waals surface area (Å²) in [6.45, 7) is 2.37. The van der Waals surface area contributed by atoms with E-state index in [4.69, 9.17) is 15.2 Å². The molecule has 1 aliphatic rings. The molecule has 1 heterocycles. The SMILES string of the molecule is COc1ccc2c(c1)N(Cc1cccc(N)c1)CCO2.Cl. The molecule has 0 spiro atoms. The number of nitrogens with two attached hydrogens (primary N) is 1. The van der Waals surface area contributed by atoms with Gasteiger partial charge in [-0.3, -0.25) is 0 Å². The lowest BCUT2D eigenvalue weighted by Crippen LogP contribution is -2.32. The summed E-state index contributed by atoms with van der Waals surface area (Å²) in [7, 11) is 1.67. The van der Waals surface area contributed by atoms with E-state index in [0.717, 1.165) is 36.0 Å². The summed E-state index contributed by atoms with van der Waals surface area (Å²) in [5.74, 6) is 1.74. The van der Waals surface area contributed by atoms with Gasteiger partial charge >= 0.3 is 0 Å². The topological polar surface area (TPSA) is 47.7 Å². The van der Waals surface area contributed by atoms with Crippen molar-refractivity contribution < 1.29 is 9.47 Å². The number of fused-ring (bicyclic) bond motifs is 1. The number of halogens is 1. The lowest BCUT2D eigenvalue weighted by molar-refractivity contribution is 0.305. The third-order valence-electron chi connectivity index (χ3n) is 3.45. The molecule has 0 atom stereocenters. The molecular formula is C16H19ClN2O2. The Kier molecular flexibility index (Phi) is 4.81. The zero-order chi connectivity index (χ0) is 13.9. The predicted molar refractivity (Wildman–Crippen MR) is 87.6 cm³/mol. The summed E-state index contributed by atoms with van der Waals surface area (Å²) in [4.78, 5) is 2.29.